The molecule has 2 aromatic heterocycles. The monoisotopic (exact) mass is 262 g/mol. The van der Waals surface area contributed by atoms with Crippen LogP contribution in [0.25, 0.3) is 33.7 Å². The molecule has 2 heterocycles. The molecule has 1 N–H and O–H groups in total. The second kappa shape index (κ2) is 4.03. The van der Waals surface area contributed by atoms with Gasteiger partial charge in [-0.15, -0.1) is 4.73 Å². The van der Waals surface area contributed by atoms with Crippen molar-refractivity contribution in [2.24, 2.45) is 0 Å². The van der Waals surface area contributed by atoms with Gasteiger partial charge < -0.3 is 5.21 Å². The van der Waals surface area contributed by atoms with Gasteiger partial charge in [0, 0.05) is 5.56 Å². The van der Waals surface area contributed by atoms with E-state index in [0.717, 1.165) is 21.3 Å². The Morgan fingerprint density at radius 1 is 0.750 bits per heavy atom. The average molecular weight is 262 g/mol. The molecule has 5 nitrogen and oxygen atoms in total. The third-order valence-corrected chi connectivity index (χ3v) is 3.18. The summed E-state index contributed by atoms with van der Waals surface area (Å²) in [5.41, 5.74) is 3.11. The van der Waals surface area contributed by atoms with Crippen LogP contribution in [0.2, 0.25) is 0 Å². The summed E-state index contributed by atoms with van der Waals surface area (Å²) in [6.07, 6.45) is 0. The summed E-state index contributed by atoms with van der Waals surface area (Å²) in [6.45, 7) is 0. The Labute approximate surface area is 114 Å². The first kappa shape index (κ1) is 10.9. The molecule has 0 aliphatic carbocycles. The summed E-state index contributed by atoms with van der Waals surface area (Å²) in [7, 11) is 0. The number of benzene rings is 2. The van der Waals surface area contributed by atoms with Crippen molar-refractivity contribution < 1.29 is 5.21 Å². The van der Waals surface area contributed by atoms with Crippen LogP contribution in [0.15, 0.2) is 54.6 Å². The Balaban J connectivity index is 2.05. The van der Waals surface area contributed by atoms with Gasteiger partial charge in [-0.1, -0.05) is 42.5 Å². The number of hydrogen-bond donors (Lipinski definition) is 1. The first-order valence-electron chi connectivity index (χ1n) is 6.23. The van der Waals surface area contributed by atoms with Gasteiger partial charge in [0.25, 0.3) is 0 Å². The van der Waals surface area contributed by atoms with Gasteiger partial charge in [-0.05, 0) is 12.1 Å². The summed E-state index contributed by atoms with van der Waals surface area (Å²) >= 11 is 0. The molecular formula is C15H10N4O. The van der Waals surface area contributed by atoms with E-state index < -0.39 is 0 Å². The van der Waals surface area contributed by atoms with Crippen molar-refractivity contribution in [2.45, 2.75) is 0 Å². The molecule has 0 saturated carbocycles. The van der Waals surface area contributed by atoms with Gasteiger partial charge in [0.2, 0.25) is 11.3 Å². The highest BCUT2D eigenvalue weighted by molar-refractivity contribution is 5.84. The second-order valence-corrected chi connectivity index (χ2v) is 4.47. The zero-order valence-corrected chi connectivity index (χ0v) is 10.4. The van der Waals surface area contributed by atoms with Gasteiger partial charge >= 0.3 is 0 Å². The molecule has 5 heteroatoms. The number of imidazole rings is 1. The Hall–Kier alpha value is -2.95. The van der Waals surface area contributed by atoms with E-state index in [1.54, 1.807) is 0 Å². The smallest absolute Gasteiger partial charge is 0.216 e. The van der Waals surface area contributed by atoms with Crippen molar-refractivity contribution in [3.63, 3.8) is 0 Å². The van der Waals surface area contributed by atoms with Crippen LogP contribution in [-0.2, 0) is 0 Å². The molecule has 2 aromatic carbocycles. The van der Waals surface area contributed by atoms with Gasteiger partial charge in [0.15, 0.2) is 5.82 Å². The first-order valence-corrected chi connectivity index (χ1v) is 6.23. The van der Waals surface area contributed by atoms with Gasteiger partial charge in [-0.2, -0.15) is 0 Å². The van der Waals surface area contributed by atoms with Crippen molar-refractivity contribution in [3.05, 3.63) is 54.6 Å². The molecule has 20 heavy (non-hydrogen) atoms. The average Bonchev–Trinajstić information content (AvgIpc) is 2.83. The van der Waals surface area contributed by atoms with E-state index in [1.165, 1.54) is 0 Å². The number of para-hydroxylation sites is 2. The van der Waals surface area contributed by atoms with E-state index >= 15 is 0 Å². The molecule has 0 amide bonds. The van der Waals surface area contributed by atoms with Crippen LogP contribution >= 0.6 is 0 Å². The summed E-state index contributed by atoms with van der Waals surface area (Å²) in [5, 5.41) is 10.3. The lowest BCUT2D eigenvalue weighted by atomic mass is 10.2. The normalized spacial score (nSPS) is 11.2. The molecular weight excluding hydrogens is 252 g/mol. The minimum atomic E-state index is 0.363. The fraction of sp³-hybridized carbons (Fsp3) is 0. The summed E-state index contributed by atoms with van der Waals surface area (Å²) in [6, 6.07) is 17.0. The van der Waals surface area contributed by atoms with Gasteiger partial charge in [-0.3, -0.25) is 0 Å². The summed E-state index contributed by atoms with van der Waals surface area (Å²) in [5.74, 6) is 0.441. The van der Waals surface area contributed by atoms with E-state index in [-0.39, 0.29) is 0 Å². The minimum Gasteiger partial charge on any atom is -0.425 e. The molecule has 0 unspecified atom stereocenters. The number of fused-ring (bicyclic) bond motifs is 2. The van der Waals surface area contributed by atoms with Crippen LogP contribution in [0.5, 0.6) is 0 Å². The second-order valence-electron chi connectivity index (χ2n) is 4.47. The Bertz CT molecular complexity index is 915. The standard InChI is InChI=1S/C15H10N4O/c20-19-14(10-6-2-1-3-7-10)18-13-15(19)17-12-9-5-4-8-11(12)16-13/h1-9,20H. The fourth-order valence-corrected chi connectivity index (χ4v) is 2.22. The van der Waals surface area contributed by atoms with E-state index in [1.807, 2.05) is 54.6 Å². The highest BCUT2D eigenvalue weighted by Gasteiger charge is 2.14. The van der Waals surface area contributed by atoms with Crippen molar-refractivity contribution >= 4 is 22.3 Å². The van der Waals surface area contributed by atoms with Gasteiger partial charge in [0.1, 0.15) is 0 Å². The van der Waals surface area contributed by atoms with Crippen molar-refractivity contribution in [2.75, 3.05) is 0 Å². The zero-order chi connectivity index (χ0) is 13.5. The molecule has 4 rings (SSSR count). The van der Waals surface area contributed by atoms with E-state index in [9.17, 15) is 5.21 Å². The molecule has 0 aliphatic heterocycles. The first-order chi connectivity index (χ1) is 9.83. The van der Waals surface area contributed by atoms with E-state index in [0.29, 0.717) is 17.1 Å². The molecule has 0 aliphatic rings. The van der Waals surface area contributed by atoms with Crippen LogP contribution in [0.4, 0.5) is 0 Å². The summed E-state index contributed by atoms with van der Waals surface area (Å²) in [4.78, 5) is 13.2. The van der Waals surface area contributed by atoms with Crippen LogP contribution in [0.3, 0.4) is 0 Å². The Kier molecular flexibility index (Phi) is 2.20. The topological polar surface area (TPSA) is 63.8 Å². The lowest BCUT2D eigenvalue weighted by molar-refractivity contribution is 0.201. The molecule has 4 aromatic rings. The predicted molar refractivity (Wildman–Crippen MR) is 75.4 cm³/mol. The zero-order valence-electron chi connectivity index (χ0n) is 10.4. The van der Waals surface area contributed by atoms with E-state index in [2.05, 4.69) is 15.0 Å². The number of hydrogen-bond acceptors (Lipinski definition) is 4. The SMILES string of the molecule is On1c(-c2ccccc2)nc2nc3ccccc3nc21. The minimum absolute atomic E-state index is 0.363. The van der Waals surface area contributed by atoms with Crippen LogP contribution in [-0.4, -0.2) is 24.9 Å². The van der Waals surface area contributed by atoms with Crippen molar-refractivity contribution in [1.82, 2.24) is 19.7 Å². The van der Waals surface area contributed by atoms with E-state index in [4.69, 9.17) is 0 Å². The quantitative estimate of drug-likeness (QED) is 0.536. The largest absolute Gasteiger partial charge is 0.425 e. The number of aromatic nitrogens is 4. The van der Waals surface area contributed by atoms with Gasteiger partial charge in [-0.25, -0.2) is 15.0 Å². The van der Waals surface area contributed by atoms with Crippen LogP contribution in [0.1, 0.15) is 0 Å². The Morgan fingerprint density at radius 2 is 1.40 bits per heavy atom. The third-order valence-electron chi connectivity index (χ3n) is 3.18. The lowest BCUT2D eigenvalue weighted by Crippen LogP contribution is -1.95. The van der Waals surface area contributed by atoms with Crippen LogP contribution in [0, 0.1) is 0 Å². The number of rotatable bonds is 1. The molecule has 0 bridgehead atoms. The molecule has 96 valence electrons. The predicted octanol–water partition coefficient (Wildman–Crippen LogP) is 2.88. The van der Waals surface area contributed by atoms with Crippen molar-refractivity contribution in [1.29, 1.82) is 0 Å². The number of nitrogens with zero attached hydrogens (tertiary/aromatic N) is 4. The molecule has 0 saturated heterocycles. The third kappa shape index (κ3) is 1.53. The molecule has 0 atom stereocenters. The molecule has 0 fully saturated rings. The maximum atomic E-state index is 10.3. The fourth-order valence-electron chi connectivity index (χ4n) is 2.22. The molecule has 0 spiro atoms. The summed E-state index contributed by atoms with van der Waals surface area (Å²) < 4.78 is 0.990. The maximum Gasteiger partial charge on any atom is 0.216 e. The molecule has 0 radical (unpaired) electrons. The van der Waals surface area contributed by atoms with Crippen molar-refractivity contribution in [3.8, 4) is 11.4 Å². The maximum absolute atomic E-state index is 10.3. The highest BCUT2D eigenvalue weighted by atomic mass is 16.5. The van der Waals surface area contributed by atoms with Crippen LogP contribution < -0.4 is 0 Å². The Morgan fingerprint density at radius 3 is 2.15 bits per heavy atom. The van der Waals surface area contributed by atoms with Gasteiger partial charge in [0.05, 0.1) is 11.0 Å². The lowest BCUT2D eigenvalue weighted by Gasteiger charge is -1.99. The highest BCUT2D eigenvalue weighted by Crippen LogP contribution is 2.22.